The number of aromatic nitrogens is 3. The van der Waals surface area contributed by atoms with E-state index in [4.69, 9.17) is 5.11 Å². The van der Waals surface area contributed by atoms with E-state index in [-0.39, 0.29) is 11.9 Å². The third kappa shape index (κ3) is 1.47. The lowest BCUT2D eigenvalue weighted by molar-refractivity contribution is -0.147. The molecule has 4 nitrogen and oxygen atoms in total. The molecule has 0 aromatic carbocycles. The van der Waals surface area contributed by atoms with Gasteiger partial charge in [-0.15, -0.1) is 10.2 Å². The van der Waals surface area contributed by atoms with Gasteiger partial charge in [0.1, 0.15) is 6.61 Å². The van der Waals surface area contributed by atoms with Crippen LogP contribution in [0.5, 0.6) is 0 Å². The lowest BCUT2D eigenvalue weighted by atomic mass is 10.5. The third-order valence-electron chi connectivity index (χ3n) is 2.07. The average molecular weight is 207 g/mol. The molecule has 1 aromatic rings. The Balaban J connectivity index is 2.44. The van der Waals surface area contributed by atoms with Gasteiger partial charge in [0, 0.05) is 6.04 Å². The van der Waals surface area contributed by atoms with Gasteiger partial charge in [0.2, 0.25) is 5.82 Å². The summed E-state index contributed by atoms with van der Waals surface area (Å²) in [6.07, 6.45) is -3.12. The van der Waals surface area contributed by atoms with Gasteiger partial charge in [0.05, 0.1) is 0 Å². The Morgan fingerprint density at radius 1 is 1.36 bits per heavy atom. The summed E-state index contributed by atoms with van der Waals surface area (Å²) < 4.78 is 38.1. The van der Waals surface area contributed by atoms with Crippen LogP contribution in [0.3, 0.4) is 0 Å². The maximum absolute atomic E-state index is 12.4. The highest BCUT2D eigenvalue weighted by Crippen LogP contribution is 2.40. The van der Waals surface area contributed by atoms with E-state index in [0.29, 0.717) is 12.8 Å². The molecule has 7 heteroatoms. The summed E-state index contributed by atoms with van der Waals surface area (Å²) in [6.45, 7) is -0.514. The fourth-order valence-electron chi connectivity index (χ4n) is 1.34. The minimum absolute atomic E-state index is 0.0141. The SMILES string of the molecule is OCc1nnc(C(F)(F)F)n1C1CC1. The Hall–Kier alpha value is -1.11. The zero-order valence-corrected chi connectivity index (χ0v) is 7.12. The molecule has 0 saturated heterocycles. The van der Waals surface area contributed by atoms with Crippen molar-refractivity contribution in [2.75, 3.05) is 0 Å². The van der Waals surface area contributed by atoms with Gasteiger partial charge >= 0.3 is 6.18 Å². The van der Waals surface area contributed by atoms with Crippen LogP contribution in [-0.2, 0) is 12.8 Å². The van der Waals surface area contributed by atoms with E-state index in [0.717, 1.165) is 4.57 Å². The Morgan fingerprint density at radius 2 is 2.00 bits per heavy atom. The largest absolute Gasteiger partial charge is 0.451 e. The molecule has 14 heavy (non-hydrogen) atoms. The van der Waals surface area contributed by atoms with E-state index in [1.165, 1.54) is 0 Å². The first-order valence-electron chi connectivity index (χ1n) is 4.16. The van der Waals surface area contributed by atoms with Crippen molar-refractivity contribution in [1.29, 1.82) is 0 Å². The minimum atomic E-state index is -4.50. The van der Waals surface area contributed by atoms with Crippen molar-refractivity contribution in [3.63, 3.8) is 0 Å². The summed E-state index contributed by atoms with van der Waals surface area (Å²) in [7, 11) is 0. The van der Waals surface area contributed by atoms with Crippen molar-refractivity contribution in [2.24, 2.45) is 0 Å². The van der Waals surface area contributed by atoms with Crippen LogP contribution in [0.25, 0.3) is 0 Å². The van der Waals surface area contributed by atoms with Crippen molar-refractivity contribution >= 4 is 0 Å². The molecular formula is C7H8F3N3O. The first-order valence-corrected chi connectivity index (χ1v) is 4.16. The molecule has 1 aromatic heterocycles. The van der Waals surface area contributed by atoms with Gasteiger partial charge in [0.15, 0.2) is 5.82 Å². The first kappa shape index (κ1) is 9.45. The summed E-state index contributed by atoms with van der Waals surface area (Å²) in [5.74, 6) is -1.02. The van der Waals surface area contributed by atoms with Crippen LogP contribution in [0.2, 0.25) is 0 Å². The van der Waals surface area contributed by atoms with Gasteiger partial charge in [0.25, 0.3) is 0 Å². The second kappa shape index (κ2) is 2.94. The normalized spacial score (nSPS) is 17.4. The Bertz CT molecular complexity index is 342. The predicted octanol–water partition coefficient (Wildman–Crippen LogP) is 1.12. The highest BCUT2D eigenvalue weighted by Gasteiger charge is 2.42. The molecule has 0 amide bonds. The fourth-order valence-corrected chi connectivity index (χ4v) is 1.34. The molecule has 2 rings (SSSR count). The van der Waals surface area contributed by atoms with Gasteiger partial charge in [-0.2, -0.15) is 13.2 Å². The van der Waals surface area contributed by atoms with Gasteiger partial charge in [-0.05, 0) is 12.8 Å². The highest BCUT2D eigenvalue weighted by atomic mass is 19.4. The molecule has 1 aliphatic rings. The van der Waals surface area contributed by atoms with Crippen molar-refractivity contribution in [3.8, 4) is 0 Å². The van der Waals surface area contributed by atoms with Crippen LogP contribution < -0.4 is 0 Å². The van der Waals surface area contributed by atoms with Crippen molar-refractivity contribution in [1.82, 2.24) is 14.8 Å². The summed E-state index contributed by atoms with van der Waals surface area (Å²) in [6, 6.07) is -0.191. The molecule has 0 radical (unpaired) electrons. The van der Waals surface area contributed by atoms with Crippen LogP contribution in [-0.4, -0.2) is 19.9 Å². The van der Waals surface area contributed by atoms with Crippen molar-refractivity contribution < 1.29 is 18.3 Å². The van der Waals surface area contributed by atoms with Crippen LogP contribution in [0, 0.1) is 0 Å². The maximum Gasteiger partial charge on any atom is 0.451 e. The smallest absolute Gasteiger partial charge is 0.388 e. The second-order valence-electron chi connectivity index (χ2n) is 3.20. The molecule has 1 aliphatic carbocycles. The lowest BCUT2D eigenvalue weighted by Gasteiger charge is -2.09. The monoisotopic (exact) mass is 207 g/mol. The number of aliphatic hydroxyl groups is 1. The number of nitrogens with zero attached hydrogens (tertiary/aromatic N) is 3. The van der Waals surface area contributed by atoms with Crippen LogP contribution in [0.4, 0.5) is 13.2 Å². The summed E-state index contributed by atoms with van der Waals surface area (Å²) in [4.78, 5) is 0. The van der Waals surface area contributed by atoms with E-state index in [9.17, 15) is 13.2 Å². The molecule has 1 fully saturated rings. The molecule has 1 saturated carbocycles. The van der Waals surface area contributed by atoms with Gasteiger partial charge in [-0.1, -0.05) is 0 Å². The van der Waals surface area contributed by atoms with Gasteiger partial charge in [-0.25, -0.2) is 0 Å². The minimum Gasteiger partial charge on any atom is -0.388 e. The summed E-state index contributed by atoms with van der Waals surface area (Å²) in [5, 5.41) is 15.1. The van der Waals surface area contributed by atoms with E-state index >= 15 is 0 Å². The number of hydrogen-bond acceptors (Lipinski definition) is 3. The molecule has 0 bridgehead atoms. The Morgan fingerprint density at radius 3 is 2.43 bits per heavy atom. The molecule has 0 unspecified atom stereocenters. The molecule has 1 heterocycles. The van der Waals surface area contributed by atoms with E-state index < -0.39 is 18.6 Å². The van der Waals surface area contributed by atoms with E-state index in [1.54, 1.807) is 0 Å². The quantitative estimate of drug-likeness (QED) is 0.790. The number of hydrogen-bond donors (Lipinski definition) is 1. The van der Waals surface area contributed by atoms with Crippen LogP contribution >= 0.6 is 0 Å². The molecule has 0 spiro atoms. The average Bonchev–Trinajstić information content (AvgIpc) is 2.82. The fraction of sp³-hybridized carbons (Fsp3) is 0.714. The Kier molecular flexibility index (Phi) is 1.99. The van der Waals surface area contributed by atoms with E-state index in [1.807, 2.05) is 0 Å². The molecular weight excluding hydrogens is 199 g/mol. The van der Waals surface area contributed by atoms with Crippen molar-refractivity contribution in [2.45, 2.75) is 31.7 Å². The van der Waals surface area contributed by atoms with Crippen LogP contribution in [0.1, 0.15) is 30.5 Å². The number of halogens is 3. The highest BCUT2D eigenvalue weighted by molar-refractivity contribution is 5.04. The standard InChI is InChI=1S/C7H8F3N3O/c8-7(9,10)6-12-11-5(3-14)13(6)4-1-2-4/h4,14H,1-3H2. The summed E-state index contributed by atoms with van der Waals surface area (Å²) >= 11 is 0. The van der Waals surface area contributed by atoms with E-state index in [2.05, 4.69) is 10.2 Å². The predicted molar refractivity (Wildman–Crippen MR) is 39.2 cm³/mol. The van der Waals surface area contributed by atoms with Crippen molar-refractivity contribution in [3.05, 3.63) is 11.6 Å². The number of rotatable bonds is 2. The summed E-state index contributed by atoms with van der Waals surface area (Å²) in [5.41, 5.74) is 0. The molecule has 78 valence electrons. The molecule has 0 atom stereocenters. The number of alkyl halides is 3. The molecule has 1 N–H and O–H groups in total. The Labute approximate surface area is 77.4 Å². The first-order chi connectivity index (χ1) is 6.54. The topological polar surface area (TPSA) is 50.9 Å². The number of aliphatic hydroxyl groups excluding tert-OH is 1. The zero-order chi connectivity index (χ0) is 10.3. The van der Waals surface area contributed by atoms with Gasteiger partial charge < -0.3 is 9.67 Å². The van der Waals surface area contributed by atoms with Crippen LogP contribution in [0.15, 0.2) is 0 Å². The second-order valence-corrected chi connectivity index (χ2v) is 3.20. The third-order valence-corrected chi connectivity index (χ3v) is 2.07. The zero-order valence-electron chi connectivity index (χ0n) is 7.12. The maximum atomic E-state index is 12.4. The lowest BCUT2D eigenvalue weighted by Crippen LogP contribution is -2.15. The molecule has 0 aliphatic heterocycles. The van der Waals surface area contributed by atoms with Gasteiger partial charge in [-0.3, -0.25) is 0 Å².